The molecule has 0 aliphatic heterocycles. The third-order valence-electron chi connectivity index (χ3n) is 2.51. The van der Waals surface area contributed by atoms with Gasteiger partial charge in [0.2, 0.25) is 5.76 Å². The van der Waals surface area contributed by atoms with Crippen molar-refractivity contribution in [3.8, 4) is 0 Å². The molecule has 1 aromatic heterocycles. The summed E-state index contributed by atoms with van der Waals surface area (Å²) in [5.41, 5.74) is 2.16. The van der Waals surface area contributed by atoms with Crippen LogP contribution in [0, 0.1) is 10.5 Å². The van der Waals surface area contributed by atoms with E-state index in [0.717, 1.165) is 11.3 Å². The molecule has 2 rings (SSSR count). The number of nitrogens with one attached hydrogen (secondary N) is 1. The Morgan fingerprint density at radius 1 is 1.39 bits per heavy atom. The first-order chi connectivity index (χ1) is 8.56. The Morgan fingerprint density at radius 2 is 2.17 bits per heavy atom. The van der Waals surface area contributed by atoms with Gasteiger partial charge in [-0.05, 0) is 65.4 Å². The molecule has 1 heterocycles. The van der Waals surface area contributed by atoms with Crippen molar-refractivity contribution in [1.29, 1.82) is 0 Å². The van der Waals surface area contributed by atoms with E-state index in [-0.39, 0.29) is 5.76 Å². The molecule has 0 bridgehead atoms. The molecule has 0 radical (unpaired) electrons. The Bertz CT molecular complexity index is 577. The number of aromatic carboxylic acids is 1. The number of anilines is 1. The molecule has 5 heteroatoms. The van der Waals surface area contributed by atoms with E-state index < -0.39 is 5.97 Å². The van der Waals surface area contributed by atoms with Gasteiger partial charge in [0.25, 0.3) is 0 Å². The highest BCUT2D eigenvalue weighted by atomic mass is 127. The van der Waals surface area contributed by atoms with Gasteiger partial charge in [0, 0.05) is 9.26 Å². The van der Waals surface area contributed by atoms with Crippen molar-refractivity contribution in [2.75, 3.05) is 5.32 Å². The first-order valence-electron chi connectivity index (χ1n) is 5.38. The number of carboxylic acids is 1. The highest BCUT2D eigenvalue weighted by Gasteiger charge is 2.08. The predicted molar refractivity (Wildman–Crippen MR) is 76.9 cm³/mol. The topological polar surface area (TPSA) is 62.5 Å². The lowest BCUT2D eigenvalue weighted by Gasteiger charge is -2.08. The van der Waals surface area contributed by atoms with Gasteiger partial charge in [-0.2, -0.15) is 0 Å². The van der Waals surface area contributed by atoms with Crippen molar-refractivity contribution < 1.29 is 14.3 Å². The van der Waals surface area contributed by atoms with Gasteiger partial charge >= 0.3 is 5.97 Å². The minimum absolute atomic E-state index is 0.0360. The number of aryl methyl sites for hydroxylation is 1. The molecule has 0 spiro atoms. The van der Waals surface area contributed by atoms with E-state index in [9.17, 15) is 4.79 Å². The summed E-state index contributed by atoms with van der Waals surface area (Å²) < 4.78 is 6.35. The van der Waals surface area contributed by atoms with E-state index in [1.807, 2.05) is 19.1 Å². The van der Waals surface area contributed by atoms with E-state index in [1.165, 1.54) is 9.64 Å². The van der Waals surface area contributed by atoms with E-state index in [2.05, 4.69) is 34.0 Å². The molecule has 18 heavy (non-hydrogen) atoms. The Balaban J connectivity index is 2.04. The van der Waals surface area contributed by atoms with Crippen LogP contribution >= 0.6 is 22.6 Å². The summed E-state index contributed by atoms with van der Waals surface area (Å²) in [7, 11) is 0. The summed E-state index contributed by atoms with van der Waals surface area (Å²) in [6.45, 7) is 2.49. The molecule has 2 N–H and O–H groups in total. The number of furan rings is 1. The average Bonchev–Trinajstić information content (AvgIpc) is 2.76. The van der Waals surface area contributed by atoms with Crippen LogP contribution in [0.15, 0.2) is 34.7 Å². The zero-order valence-corrected chi connectivity index (χ0v) is 11.9. The van der Waals surface area contributed by atoms with Crippen LogP contribution in [0.5, 0.6) is 0 Å². The van der Waals surface area contributed by atoms with E-state index >= 15 is 0 Å². The second-order valence-corrected chi connectivity index (χ2v) is 5.13. The molecule has 0 unspecified atom stereocenters. The van der Waals surface area contributed by atoms with Gasteiger partial charge in [0.05, 0.1) is 6.54 Å². The maximum atomic E-state index is 10.7. The zero-order chi connectivity index (χ0) is 13.1. The number of rotatable bonds is 4. The quantitative estimate of drug-likeness (QED) is 0.823. The highest BCUT2D eigenvalue weighted by molar-refractivity contribution is 14.1. The summed E-state index contributed by atoms with van der Waals surface area (Å²) in [5.74, 6) is -0.483. The molecule has 0 atom stereocenters. The van der Waals surface area contributed by atoms with Gasteiger partial charge in [-0.1, -0.05) is 0 Å². The highest BCUT2D eigenvalue weighted by Crippen LogP contribution is 2.19. The number of halogens is 1. The summed E-state index contributed by atoms with van der Waals surface area (Å²) in [5, 5.41) is 12.0. The van der Waals surface area contributed by atoms with Crippen LogP contribution in [0.1, 0.15) is 21.9 Å². The molecule has 0 amide bonds. The van der Waals surface area contributed by atoms with Crippen molar-refractivity contribution in [3.63, 3.8) is 0 Å². The van der Waals surface area contributed by atoms with Crippen LogP contribution in [-0.4, -0.2) is 11.1 Å². The van der Waals surface area contributed by atoms with E-state index in [0.29, 0.717) is 12.3 Å². The fourth-order valence-electron chi connectivity index (χ4n) is 1.60. The van der Waals surface area contributed by atoms with Crippen LogP contribution in [0.3, 0.4) is 0 Å². The molecule has 2 aromatic rings. The van der Waals surface area contributed by atoms with Crippen molar-refractivity contribution in [1.82, 2.24) is 0 Å². The lowest BCUT2D eigenvalue weighted by atomic mass is 10.2. The van der Waals surface area contributed by atoms with Crippen molar-refractivity contribution >= 4 is 34.2 Å². The maximum absolute atomic E-state index is 10.7. The Kier molecular flexibility index (Phi) is 3.90. The van der Waals surface area contributed by atoms with Crippen LogP contribution in [-0.2, 0) is 6.54 Å². The Hall–Kier alpha value is -1.50. The van der Waals surface area contributed by atoms with Crippen LogP contribution in [0.4, 0.5) is 5.69 Å². The lowest BCUT2D eigenvalue weighted by Crippen LogP contribution is -2.00. The third kappa shape index (κ3) is 3.04. The predicted octanol–water partition coefficient (Wildman–Crippen LogP) is 3.50. The van der Waals surface area contributed by atoms with Gasteiger partial charge in [0.15, 0.2) is 0 Å². The fraction of sp³-hybridized carbons (Fsp3) is 0.154. The van der Waals surface area contributed by atoms with Gasteiger partial charge in [-0.3, -0.25) is 0 Å². The second-order valence-electron chi connectivity index (χ2n) is 3.88. The van der Waals surface area contributed by atoms with Gasteiger partial charge in [-0.15, -0.1) is 0 Å². The molecule has 1 aromatic carbocycles. The van der Waals surface area contributed by atoms with Gasteiger partial charge < -0.3 is 14.8 Å². The molecular formula is C13H12INO3. The fourth-order valence-corrected chi connectivity index (χ4v) is 2.24. The van der Waals surface area contributed by atoms with Crippen molar-refractivity contribution in [3.05, 3.63) is 51.0 Å². The standard InChI is InChI=1S/C13H12INO3/c1-8-6-9(14)2-4-11(8)15-7-10-3-5-12(18-10)13(16)17/h2-6,15H,7H2,1H3,(H,16,17). The first-order valence-corrected chi connectivity index (χ1v) is 6.46. The molecule has 0 aliphatic rings. The second kappa shape index (κ2) is 5.43. The zero-order valence-electron chi connectivity index (χ0n) is 9.74. The molecule has 4 nitrogen and oxygen atoms in total. The number of hydrogen-bond acceptors (Lipinski definition) is 3. The smallest absolute Gasteiger partial charge is 0.371 e. The van der Waals surface area contributed by atoms with Crippen LogP contribution < -0.4 is 5.32 Å². The summed E-state index contributed by atoms with van der Waals surface area (Å²) in [4.78, 5) is 10.7. The maximum Gasteiger partial charge on any atom is 0.371 e. The Labute approximate surface area is 118 Å². The number of benzene rings is 1. The largest absolute Gasteiger partial charge is 0.475 e. The summed E-state index contributed by atoms with van der Waals surface area (Å²) >= 11 is 2.26. The molecular weight excluding hydrogens is 345 g/mol. The van der Waals surface area contributed by atoms with Gasteiger partial charge in [-0.25, -0.2) is 4.79 Å². The summed E-state index contributed by atoms with van der Waals surface area (Å²) in [6.07, 6.45) is 0. The van der Waals surface area contributed by atoms with E-state index in [1.54, 1.807) is 6.07 Å². The van der Waals surface area contributed by atoms with Crippen molar-refractivity contribution in [2.45, 2.75) is 13.5 Å². The lowest BCUT2D eigenvalue weighted by molar-refractivity contribution is 0.0660. The monoisotopic (exact) mass is 357 g/mol. The number of carbonyl (C=O) groups is 1. The van der Waals surface area contributed by atoms with Gasteiger partial charge in [0.1, 0.15) is 5.76 Å². The summed E-state index contributed by atoms with van der Waals surface area (Å²) in [6, 6.07) is 9.21. The average molecular weight is 357 g/mol. The molecule has 0 fully saturated rings. The van der Waals surface area contributed by atoms with Crippen molar-refractivity contribution in [2.24, 2.45) is 0 Å². The molecule has 94 valence electrons. The number of hydrogen-bond donors (Lipinski definition) is 2. The van der Waals surface area contributed by atoms with Crippen LogP contribution in [0.2, 0.25) is 0 Å². The SMILES string of the molecule is Cc1cc(I)ccc1NCc1ccc(C(=O)O)o1. The number of carboxylic acid groups (broad SMARTS) is 1. The van der Waals surface area contributed by atoms with E-state index in [4.69, 9.17) is 9.52 Å². The normalized spacial score (nSPS) is 10.3. The molecule has 0 aliphatic carbocycles. The minimum atomic E-state index is -1.05. The molecule has 0 saturated carbocycles. The minimum Gasteiger partial charge on any atom is -0.475 e. The first kappa shape index (κ1) is 12.9. The third-order valence-corrected chi connectivity index (χ3v) is 3.18. The molecule has 0 saturated heterocycles. The van der Waals surface area contributed by atoms with Crippen LogP contribution in [0.25, 0.3) is 0 Å². The Morgan fingerprint density at radius 3 is 2.78 bits per heavy atom.